The second kappa shape index (κ2) is 16.3. The van der Waals surface area contributed by atoms with Crippen molar-refractivity contribution in [1.82, 2.24) is 0 Å². The monoisotopic (exact) mass is 240 g/mol. The number of carboxylic acid groups (broad SMARTS) is 1. The molecule has 0 heterocycles. The summed E-state index contributed by atoms with van der Waals surface area (Å²) in [4.78, 5) is 19.3. The van der Waals surface area contributed by atoms with Crippen molar-refractivity contribution in [1.29, 1.82) is 0 Å². The summed E-state index contributed by atoms with van der Waals surface area (Å²) in [5, 5.41) is 7.60. The first kappa shape index (κ1) is 20.3. The zero-order chi connectivity index (χ0) is 14.3. The lowest BCUT2D eigenvalue weighted by Crippen LogP contribution is -1.97. The van der Waals surface area contributed by atoms with E-state index in [-0.39, 0.29) is 5.97 Å². The molecule has 0 rings (SSSR count). The maximum atomic E-state index is 10.1. The molecule has 0 aromatic carbocycles. The van der Waals surface area contributed by atoms with Gasteiger partial charge in [-0.15, -0.1) is 0 Å². The average molecular weight is 240 g/mol. The van der Waals surface area contributed by atoms with Gasteiger partial charge in [-0.1, -0.05) is 38.0 Å². The SMILES string of the molecule is C=CC(=C)C.C=CC(=O)O.C=CC(=O)OCC. The Morgan fingerprint density at radius 3 is 1.59 bits per heavy atom. The molecule has 4 heteroatoms. The van der Waals surface area contributed by atoms with Crippen LogP contribution in [0.4, 0.5) is 0 Å². The number of hydrogen-bond acceptors (Lipinski definition) is 3. The van der Waals surface area contributed by atoms with Gasteiger partial charge < -0.3 is 9.84 Å². The third-order valence-electron chi connectivity index (χ3n) is 0.976. The van der Waals surface area contributed by atoms with Crippen molar-refractivity contribution < 1.29 is 19.4 Å². The van der Waals surface area contributed by atoms with Crippen LogP contribution in [0.15, 0.2) is 50.1 Å². The largest absolute Gasteiger partial charge is 0.478 e. The minimum atomic E-state index is -0.981. The van der Waals surface area contributed by atoms with Gasteiger partial charge in [0.2, 0.25) is 0 Å². The maximum Gasteiger partial charge on any atom is 0.330 e. The minimum Gasteiger partial charge on any atom is -0.478 e. The first-order valence-corrected chi connectivity index (χ1v) is 4.78. The molecule has 0 radical (unpaired) electrons. The van der Waals surface area contributed by atoms with Crippen molar-refractivity contribution in [2.75, 3.05) is 6.61 Å². The van der Waals surface area contributed by atoms with Crippen molar-refractivity contribution in [2.45, 2.75) is 13.8 Å². The molecule has 0 saturated carbocycles. The number of aliphatic carboxylic acids is 1. The summed E-state index contributed by atoms with van der Waals surface area (Å²) >= 11 is 0. The van der Waals surface area contributed by atoms with E-state index in [1.165, 1.54) is 0 Å². The Kier molecular flexibility index (Phi) is 19.5. The van der Waals surface area contributed by atoms with Crippen LogP contribution in [0.3, 0.4) is 0 Å². The van der Waals surface area contributed by atoms with Gasteiger partial charge in [-0.2, -0.15) is 0 Å². The number of rotatable bonds is 4. The van der Waals surface area contributed by atoms with E-state index in [4.69, 9.17) is 5.11 Å². The van der Waals surface area contributed by atoms with E-state index >= 15 is 0 Å². The van der Waals surface area contributed by atoms with Gasteiger partial charge in [0.05, 0.1) is 6.61 Å². The van der Waals surface area contributed by atoms with Crippen molar-refractivity contribution in [3.63, 3.8) is 0 Å². The van der Waals surface area contributed by atoms with Crippen molar-refractivity contribution >= 4 is 11.9 Å². The summed E-state index contributed by atoms with van der Waals surface area (Å²) in [6.45, 7) is 17.3. The Balaban J connectivity index is -0.000000177. The van der Waals surface area contributed by atoms with Gasteiger partial charge in [0.1, 0.15) is 0 Å². The van der Waals surface area contributed by atoms with Gasteiger partial charge in [0.15, 0.2) is 0 Å². The molecule has 96 valence electrons. The minimum absolute atomic E-state index is 0.359. The van der Waals surface area contributed by atoms with Gasteiger partial charge in [0, 0.05) is 12.2 Å². The molecule has 0 spiro atoms. The van der Waals surface area contributed by atoms with Crippen LogP contribution in [0.5, 0.6) is 0 Å². The first-order valence-electron chi connectivity index (χ1n) is 4.78. The fourth-order valence-electron chi connectivity index (χ4n) is 0.201. The fourth-order valence-corrected chi connectivity index (χ4v) is 0.201. The number of hydrogen-bond donors (Lipinski definition) is 1. The third-order valence-corrected chi connectivity index (χ3v) is 0.976. The summed E-state index contributed by atoms with van der Waals surface area (Å²) in [5.41, 5.74) is 1.02. The Morgan fingerprint density at radius 1 is 1.18 bits per heavy atom. The lowest BCUT2D eigenvalue weighted by molar-refractivity contribution is -0.137. The van der Waals surface area contributed by atoms with E-state index in [1.54, 1.807) is 13.0 Å². The van der Waals surface area contributed by atoms with Crippen LogP contribution in [0.1, 0.15) is 13.8 Å². The van der Waals surface area contributed by atoms with E-state index in [0.717, 1.165) is 17.7 Å². The highest BCUT2D eigenvalue weighted by molar-refractivity contribution is 5.81. The molecule has 4 nitrogen and oxygen atoms in total. The van der Waals surface area contributed by atoms with Crippen LogP contribution in [0, 0.1) is 0 Å². The Bertz CT molecular complexity index is 259. The average Bonchev–Trinajstić information content (AvgIpc) is 2.30. The molecule has 0 aromatic heterocycles. The molecule has 1 N–H and O–H groups in total. The van der Waals surface area contributed by atoms with Crippen molar-refractivity contribution in [3.05, 3.63) is 50.1 Å². The normalized spacial score (nSPS) is 6.94. The summed E-state index contributed by atoms with van der Waals surface area (Å²) in [6.07, 6.45) is 3.70. The number of carboxylic acids is 1. The zero-order valence-electron chi connectivity index (χ0n) is 10.4. The highest BCUT2D eigenvalue weighted by Gasteiger charge is 1.86. The van der Waals surface area contributed by atoms with E-state index in [2.05, 4.69) is 31.1 Å². The molecule has 0 saturated heterocycles. The van der Waals surface area contributed by atoms with Gasteiger partial charge in [-0.25, -0.2) is 9.59 Å². The predicted octanol–water partition coefficient (Wildman–Crippen LogP) is 2.74. The lowest BCUT2D eigenvalue weighted by atomic mass is 10.4. The number of allylic oxidation sites excluding steroid dienone is 2. The molecule has 0 aliphatic rings. The second-order valence-corrected chi connectivity index (χ2v) is 2.55. The molecular formula is C13H20O4. The molecular weight excluding hydrogens is 220 g/mol. The molecule has 0 aromatic rings. The topological polar surface area (TPSA) is 63.6 Å². The van der Waals surface area contributed by atoms with E-state index < -0.39 is 5.97 Å². The number of esters is 1. The van der Waals surface area contributed by atoms with Crippen LogP contribution in [0.2, 0.25) is 0 Å². The fraction of sp³-hybridized carbons (Fsp3) is 0.231. The van der Waals surface area contributed by atoms with Gasteiger partial charge in [-0.05, 0) is 13.8 Å². The second-order valence-electron chi connectivity index (χ2n) is 2.55. The number of carbonyl (C=O) groups excluding carboxylic acids is 1. The summed E-state index contributed by atoms with van der Waals surface area (Å²) in [5.74, 6) is -1.34. The molecule has 0 fully saturated rings. The Hall–Kier alpha value is -2.10. The molecule has 0 amide bonds. The van der Waals surface area contributed by atoms with Crippen LogP contribution < -0.4 is 0 Å². The summed E-state index contributed by atoms with van der Waals surface area (Å²) in [6, 6.07) is 0. The standard InChI is InChI=1S/C5H8O2.C5H8.C3H4O2/c1-3-5(6)7-4-2;1-4-5(2)3;1-2-3(4)5/h3H,1,4H2,2H3;4H,1-2H2,3H3;2H,1H2,(H,4,5). The van der Waals surface area contributed by atoms with Crippen LogP contribution in [-0.2, 0) is 14.3 Å². The van der Waals surface area contributed by atoms with E-state index in [1.807, 2.05) is 6.92 Å². The zero-order valence-corrected chi connectivity index (χ0v) is 10.4. The predicted molar refractivity (Wildman–Crippen MR) is 69.7 cm³/mol. The smallest absolute Gasteiger partial charge is 0.330 e. The summed E-state index contributed by atoms with van der Waals surface area (Å²) in [7, 11) is 0. The van der Waals surface area contributed by atoms with Crippen LogP contribution in [0.25, 0.3) is 0 Å². The van der Waals surface area contributed by atoms with Gasteiger partial charge in [-0.3, -0.25) is 0 Å². The molecule has 0 aliphatic carbocycles. The van der Waals surface area contributed by atoms with Crippen LogP contribution >= 0.6 is 0 Å². The van der Waals surface area contributed by atoms with E-state index in [9.17, 15) is 9.59 Å². The molecule has 0 unspecified atom stereocenters. The summed E-state index contributed by atoms with van der Waals surface area (Å²) < 4.78 is 4.43. The number of carbonyl (C=O) groups is 2. The highest BCUT2D eigenvalue weighted by Crippen LogP contribution is 1.81. The quantitative estimate of drug-likeness (QED) is 0.466. The maximum absolute atomic E-state index is 10.1. The lowest BCUT2D eigenvalue weighted by Gasteiger charge is -1.90. The molecule has 0 aliphatic heterocycles. The van der Waals surface area contributed by atoms with Crippen molar-refractivity contribution in [3.8, 4) is 0 Å². The van der Waals surface area contributed by atoms with Crippen molar-refractivity contribution in [2.24, 2.45) is 0 Å². The highest BCUT2D eigenvalue weighted by atomic mass is 16.5. The number of ether oxygens (including phenoxy) is 1. The molecule has 0 bridgehead atoms. The van der Waals surface area contributed by atoms with Crippen LogP contribution in [-0.4, -0.2) is 23.7 Å². The van der Waals surface area contributed by atoms with Gasteiger partial charge in [0.25, 0.3) is 0 Å². The third kappa shape index (κ3) is 41.3. The Labute approximate surface area is 103 Å². The molecule has 0 atom stereocenters. The van der Waals surface area contributed by atoms with E-state index in [0.29, 0.717) is 6.61 Å². The first-order chi connectivity index (χ1) is 7.85. The van der Waals surface area contributed by atoms with Gasteiger partial charge >= 0.3 is 11.9 Å². The molecule has 17 heavy (non-hydrogen) atoms. The Morgan fingerprint density at radius 2 is 1.53 bits per heavy atom.